The van der Waals surface area contributed by atoms with Crippen molar-refractivity contribution in [2.45, 2.75) is 45.8 Å². The maximum Gasteiger partial charge on any atom is 0.263 e. The van der Waals surface area contributed by atoms with Crippen molar-refractivity contribution < 1.29 is 9.53 Å². The fourth-order valence-electron chi connectivity index (χ4n) is 4.95. The standard InChI is InChI=1S/C30H33N5O3/c1-20(2)32-27(36)19-35-29(23-10-7-11-25(15-23)38-3)33-28-26(30(35)37)16-24(17-31-28)22-9-6-8-21(14-22)18-34-12-4-5-13-34/h6-11,14-17,20H,4-5,12-13,18-19H2,1-3H3,(H,32,36). The van der Waals surface area contributed by atoms with Crippen molar-refractivity contribution >= 4 is 16.9 Å². The highest BCUT2D eigenvalue weighted by Gasteiger charge is 2.18. The summed E-state index contributed by atoms with van der Waals surface area (Å²) in [6, 6.07) is 17.4. The number of nitrogens with zero attached hydrogens (tertiary/aromatic N) is 4. The first-order valence-electron chi connectivity index (χ1n) is 13.1. The van der Waals surface area contributed by atoms with E-state index in [1.165, 1.54) is 23.0 Å². The van der Waals surface area contributed by atoms with Gasteiger partial charge in [0.05, 0.1) is 12.5 Å². The second-order valence-corrected chi connectivity index (χ2v) is 10.1. The maximum absolute atomic E-state index is 13.8. The number of amides is 1. The summed E-state index contributed by atoms with van der Waals surface area (Å²) in [5.74, 6) is 0.742. The Balaban J connectivity index is 1.58. The number of carbonyl (C=O) groups is 1. The zero-order valence-electron chi connectivity index (χ0n) is 22.1. The summed E-state index contributed by atoms with van der Waals surface area (Å²) in [5, 5.41) is 3.24. The Morgan fingerprint density at radius 3 is 2.55 bits per heavy atom. The Hall–Kier alpha value is -4.04. The van der Waals surface area contributed by atoms with E-state index in [2.05, 4.69) is 27.3 Å². The second-order valence-electron chi connectivity index (χ2n) is 10.1. The molecule has 1 amide bonds. The summed E-state index contributed by atoms with van der Waals surface area (Å²) in [5.41, 5.74) is 3.77. The molecule has 3 heterocycles. The normalized spacial score (nSPS) is 13.8. The van der Waals surface area contributed by atoms with Crippen LogP contribution < -0.4 is 15.6 Å². The van der Waals surface area contributed by atoms with Gasteiger partial charge in [0.1, 0.15) is 18.1 Å². The highest BCUT2D eigenvalue weighted by atomic mass is 16.5. The Morgan fingerprint density at radius 2 is 1.79 bits per heavy atom. The average molecular weight is 512 g/mol. The predicted molar refractivity (Wildman–Crippen MR) is 149 cm³/mol. The van der Waals surface area contributed by atoms with Crippen LogP contribution in [0, 0.1) is 0 Å². The summed E-state index contributed by atoms with van der Waals surface area (Å²) in [4.78, 5) is 38.4. The van der Waals surface area contributed by atoms with E-state index in [1.807, 2.05) is 50.2 Å². The zero-order chi connectivity index (χ0) is 26.6. The third-order valence-corrected chi connectivity index (χ3v) is 6.75. The number of hydrogen-bond donors (Lipinski definition) is 1. The van der Waals surface area contributed by atoms with Crippen molar-refractivity contribution in [3.8, 4) is 28.3 Å². The van der Waals surface area contributed by atoms with Crippen LogP contribution in [0.4, 0.5) is 0 Å². The molecule has 1 fully saturated rings. The number of benzene rings is 2. The van der Waals surface area contributed by atoms with Gasteiger partial charge >= 0.3 is 0 Å². The van der Waals surface area contributed by atoms with Crippen molar-refractivity contribution in [3.63, 3.8) is 0 Å². The topological polar surface area (TPSA) is 89.4 Å². The summed E-state index contributed by atoms with van der Waals surface area (Å²) >= 11 is 0. The molecular weight excluding hydrogens is 478 g/mol. The van der Waals surface area contributed by atoms with Crippen molar-refractivity contribution in [3.05, 3.63) is 76.7 Å². The molecule has 38 heavy (non-hydrogen) atoms. The number of likely N-dealkylation sites (tertiary alicyclic amines) is 1. The van der Waals surface area contributed by atoms with E-state index in [-0.39, 0.29) is 24.1 Å². The minimum atomic E-state index is -0.311. The summed E-state index contributed by atoms with van der Waals surface area (Å²) in [7, 11) is 1.58. The number of rotatable bonds is 8. The summed E-state index contributed by atoms with van der Waals surface area (Å²) < 4.78 is 6.79. The molecule has 8 heteroatoms. The van der Waals surface area contributed by atoms with Crippen molar-refractivity contribution in [1.82, 2.24) is 24.8 Å². The summed E-state index contributed by atoms with van der Waals surface area (Å²) in [6.07, 6.45) is 4.26. The smallest absolute Gasteiger partial charge is 0.263 e. The molecule has 1 aliphatic heterocycles. The van der Waals surface area contributed by atoms with Crippen LogP contribution in [0.1, 0.15) is 32.3 Å². The predicted octanol–water partition coefficient (Wildman–Crippen LogP) is 4.25. The lowest BCUT2D eigenvalue weighted by Crippen LogP contribution is -2.37. The molecule has 2 aromatic carbocycles. The molecular formula is C30H33N5O3. The second kappa shape index (κ2) is 11.1. The van der Waals surface area contributed by atoms with Crippen molar-refractivity contribution in [1.29, 1.82) is 0 Å². The minimum absolute atomic E-state index is 0.0482. The van der Waals surface area contributed by atoms with Crippen LogP contribution in [0.25, 0.3) is 33.5 Å². The lowest BCUT2D eigenvalue weighted by molar-refractivity contribution is -0.122. The molecule has 0 saturated carbocycles. The molecule has 0 radical (unpaired) electrons. The number of methoxy groups -OCH3 is 1. The van der Waals surface area contributed by atoms with Crippen LogP contribution in [0.3, 0.4) is 0 Å². The first kappa shape index (κ1) is 25.6. The summed E-state index contributed by atoms with van der Waals surface area (Å²) in [6.45, 7) is 6.80. The zero-order valence-corrected chi connectivity index (χ0v) is 22.1. The Kier molecular flexibility index (Phi) is 7.51. The van der Waals surface area contributed by atoms with E-state index >= 15 is 0 Å². The largest absolute Gasteiger partial charge is 0.497 e. The van der Waals surface area contributed by atoms with Crippen LogP contribution in [0.2, 0.25) is 0 Å². The van der Waals surface area contributed by atoms with Gasteiger partial charge in [0.2, 0.25) is 5.91 Å². The molecule has 196 valence electrons. The lowest BCUT2D eigenvalue weighted by atomic mass is 10.0. The van der Waals surface area contributed by atoms with Crippen LogP contribution in [-0.2, 0) is 17.9 Å². The van der Waals surface area contributed by atoms with Crippen LogP contribution >= 0.6 is 0 Å². The molecule has 0 aliphatic carbocycles. The number of nitrogens with one attached hydrogen (secondary N) is 1. The van der Waals surface area contributed by atoms with E-state index in [0.717, 1.165) is 30.8 Å². The molecule has 0 bridgehead atoms. The third-order valence-electron chi connectivity index (χ3n) is 6.75. The van der Waals surface area contributed by atoms with E-state index in [4.69, 9.17) is 9.72 Å². The quantitative estimate of drug-likeness (QED) is 0.380. The van der Waals surface area contributed by atoms with Crippen LogP contribution in [-0.4, -0.2) is 51.6 Å². The number of aromatic nitrogens is 3. The molecule has 1 N–H and O–H groups in total. The third kappa shape index (κ3) is 5.60. The van der Waals surface area contributed by atoms with Gasteiger partial charge in [0, 0.05) is 29.9 Å². The van der Waals surface area contributed by atoms with Crippen LogP contribution in [0.5, 0.6) is 5.75 Å². The van der Waals surface area contributed by atoms with Gasteiger partial charge in [-0.05, 0) is 75.2 Å². The maximum atomic E-state index is 13.8. The highest BCUT2D eigenvalue weighted by Crippen LogP contribution is 2.26. The van der Waals surface area contributed by atoms with Gasteiger partial charge in [-0.2, -0.15) is 0 Å². The van der Waals surface area contributed by atoms with Gasteiger partial charge in [0.25, 0.3) is 5.56 Å². The first-order chi connectivity index (χ1) is 18.4. The van der Waals surface area contributed by atoms with E-state index in [9.17, 15) is 9.59 Å². The molecule has 2 aromatic heterocycles. The van der Waals surface area contributed by atoms with Gasteiger partial charge in [-0.1, -0.05) is 30.3 Å². The monoisotopic (exact) mass is 511 g/mol. The fourth-order valence-corrected chi connectivity index (χ4v) is 4.95. The van der Waals surface area contributed by atoms with Crippen LogP contribution in [0.15, 0.2) is 65.6 Å². The number of pyridine rings is 1. The van der Waals surface area contributed by atoms with Gasteiger partial charge in [-0.15, -0.1) is 0 Å². The van der Waals surface area contributed by atoms with Gasteiger partial charge in [0.15, 0.2) is 5.65 Å². The molecule has 4 aromatic rings. The SMILES string of the molecule is COc1cccc(-c2nc3ncc(-c4cccc(CN5CCCC5)c4)cc3c(=O)n2CC(=O)NC(C)C)c1. The average Bonchev–Trinajstić information content (AvgIpc) is 3.43. The van der Waals surface area contributed by atoms with E-state index in [1.54, 1.807) is 19.4 Å². The fraction of sp³-hybridized carbons (Fsp3) is 0.333. The Morgan fingerprint density at radius 1 is 1.03 bits per heavy atom. The van der Waals surface area contributed by atoms with E-state index < -0.39 is 0 Å². The number of fused-ring (bicyclic) bond motifs is 1. The molecule has 5 rings (SSSR count). The number of hydrogen-bond acceptors (Lipinski definition) is 6. The number of carbonyl (C=O) groups excluding carboxylic acids is 1. The molecule has 1 saturated heterocycles. The Labute approximate surface area is 222 Å². The Bertz CT molecular complexity index is 1520. The molecule has 0 unspecified atom stereocenters. The molecule has 0 spiro atoms. The first-order valence-corrected chi connectivity index (χ1v) is 13.1. The molecule has 0 atom stereocenters. The van der Waals surface area contributed by atoms with E-state index in [0.29, 0.717) is 28.2 Å². The van der Waals surface area contributed by atoms with Gasteiger partial charge in [-0.3, -0.25) is 19.1 Å². The molecule has 1 aliphatic rings. The lowest BCUT2D eigenvalue weighted by Gasteiger charge is -2.16. The highest BCUT2D eigenvalue weighted by molar-refractivity contribution is 5.83. The molecule has 8 nitrogen and oxygen atoms in total. The number of ether oxygens (including phenoxy) is 1. The van der Waals surface area contributed by atoms with Crippen molar-refractivity contribution in [2.24, 2.45) is 0 Å². The van der Waals surface area contributed by atoms with Gasteiger partial charge < -0.3 is 10.1 Å². The minimum Gasteiger partial charge on any atom is -0.497 e. The van der Waals surface area contributed by atoms with Gasteiger partial charge in [-0.25, -0.2) is 9.97 Å². The van der Waals surface area contributed by atoms with Crippen molar-refractivity contribution in [2.75, 3.05) is 20.2 Å².